The van der Waals surface area contributed by atoms with Gasteiger partial charge in [0, 0.05) is 37.1 Å². The molecule has 0 aromatic carbocycles. The molecule has 1 aliphatic carbocycles. The summed E-state index contributed by atoms with van der Waals surface area (Å²) in [5.74, 6) is 1.06. The second kappa shape index (κ2) is 7.55. The molecule has 4 rings (SSSR count). The molecule has 27 heavy (non-hydrogen) atoms. The second-order valence-corrected chi connectivity index (χ2v) is 7.57. The number of nitrogens with zero attached hydrogens (tertiary/aromatic N) is 4. The summed E-state index contributed by atoms with van der Waals surface area (Å²) < 4.78 is 3.98. The first-order chi connectivity index (χ1) is 13.1. The zero-order valence-electron chi connectivity index (χ0n) is 16.1. The Hall–Kier alpha value is -2.63. The van der Waals surface area contributed by atoms with Crippen molar-refractivity contribution in [1.82, 2.24) is 24.6 Å². The van der Waals surface area contributed by atoms with E-state index in [-0.39, 0.29) is 5.91 Å². The van der Waals surface area contributed by atoms with Gasteiger partial charge in [0.1, 0.15) is 0 Å². The average Bonchev–Trinajstić information content (AvgIpc) is 3.35. The molecule has 0 unspecified atom stereocenters. The van der Waals surface area contributed by atoms with Gasteiger partial charge in [0.15, 0.2) is 11.5 Å². The minimum Gasteiger partial charge on any atom is -0.353 e. The first kappa shape index (κ1) is 17.8. The Morgan fingerprint density at radius 3 is 2.70 bits per heavy atom. The molecule has 0 atom stereocenters. The van der Waals surface area contributed by atoms with E-state index < -0.39 is 0 Å². The Morgan fingerprint density at radius 1 is 1.22 bits per heavy atom. The monoisotopic (exact) mass is 365 g/mol. The lowest BCUT2D eigenvalue weighted by molar-refractivity contribution is -0.121. The Morgan fingerprint density at radius 2 is 1.96 bits per heavy atom. The van der Waals surface area contributed by atoms with Crippen LogP contribution in [0.5, 0.6) is 0 Å². The van der Waals surface area contributed by atoms with E-state index in [1.54, 1.807) is 0 Å². The highest BCUT2D eigenvalue weighted by molar-refractivity contribution is 5.87. The standard InChI is InChI=1S/C21H27N5O/c1-15-14-16(2)22-20-19(15)21(25-11-5-6-12-25)24-26(20)13-7-10-18(27)23-17-8-3-4-9-17/h5-6,11-12,14,17H,3-4,7-10,13H2,1-2H3,(H,23,27). The molecule has 3 aromatic heterocycles. The Labute approximate surface area is 159 Å². The lowest BCUT2D eigenvalue weighted by Gasteiger charge is -2.11. The van der Waals surface area contributed by atoms with Crippen molar-refractivity contribution in [2.24, 2.45) is 0 Å². The van der Waals surface area contributed by atoms with Crippen LogP contribution in [0, 0.1) is 13.8 Å². The molecule has 6 nitrogen and oxygen atoms in total. The average molecular weight is 365 g/mol. The molecule has 3 aromatic rings. The molecule has 1 aliphatic rings. The van der Waals surface area contributed by atoms with E-state index in [9.17, 15) is 4.79 Å². The van der Waals surface area contributed by atoms with Crippen LogP contribution in [0.2, 0.25) is 0 Å². The third-order valence-electron chi connectivity index (χ3n) is 5.35. The van der Waals surface area contributed by atoms with Crippen molar-refractivity contribution in [1.29, 1.82) is 0 Å². The number of aromatic nitrogens is 4. The number of carbonyl (C=O) groups excluding carboxylic acids is 1. The van der Waals surface area contributed by atoms with Crippen LogP contribution in [0.15, 0.2) is 30.6 Å². The van der Waals surface area contributed by atoms with Crippen LogP contribution in [0.3, 0.4) is 0 Å². The van der Waals surface area contributed by atoms with Crippen LogP contribution in [0.1, 0.15) is 49.8 Å². The molecule has 1 N–H and O–H groups in total. The lowest BCUT2D eigenvalue weighted by atomic mass is 10.1. The summed E-state index contributed by atoms with van der Waals surface area (Å²) in [6.45, 7) is 4.80. The fourth-order valence-electron chi connectivity index (χ4n) is 4.06. The van der Waals surface area contributed by atoms with Gasteiger partial charge in [-0.15, -0.1) is 0 Å². The molecule has 0 aliphatic heterocycles. The smallest absolute Gasteiger partial charge is 0.220 e. The molecule has 1 saturated carbocycles. The number of hydrogen-bond acceptors (Lipinski definition) is 3. The molecule has 0 saturated heterocycles. The molecule has 1 fully saturated rings. The van der Waals surface area contributed by atoms with Gasteiger partial charge >= 0.3 is 0 Å². The van der Waals surface area contributed by atoms with Gasteiger partial charge in [-0.3, -0.25) is 4.79 Å². The van der Waals surface area contributed by atoms with Crippen LogP contribution in [0.25, 0.3) is 16.9 Å². The number of nitrogens with one attached hydrogen (secondary N) is 1. The quantitative estimate of drug-likeness (QED) is 0.725. The highest BCUT2D eigenvalue weighted by Gasteiger charge is 2.18. The summed E-state index contributed by atoms with van der Waals surface area (Å²) in [5.41, 5.74) is 3.05. The lowest BCUT2D eigenvalue weighted by Crippen LogP contribution is -2.32. The van der Waals surface area contributed by atoms with Gasteiger partial charge in [0.25, 0.3) is 0 Å². The zero-order chi connectivity index (χ0) is 18.8. The second-order valence-electron chi connectivity index (χ2n) is 7.57. The molecule has 0 spiro atoms. The van der Waals surface area contributed by atoms with Crippen molar-refractivity contribution in [3.63, 3.8) is 0 Å². The van der Waals surface area contributed by atoms with Gasteiger partial charge in [-0.25, -0.2) is 9.67 Å². The van der Waals surface area contributed by atoms with Crippen LogP contribution >= 0.6 is 0 Å². The normalized spacial score (nSPS) is 14.9. The van der Waals surface area contributed by atoms with E-state index in [1.807, 2.05) is 40.7 Å². The summed E-state index contributed by atoms with van der Waals surface area (Å²) in [5, 5.41) is 9.06. The largest absolute Gasteiger partial charge is 0.353 e. The van der Waals surface area contributed by atoms with Crippen molar-refractivity contribution < 1.29 is 4.79 Å². The fourth-order valence-corrected chi connectivity index (χ4v) is 4.06. The number of carbonyl (C=O) groups is 1. The molecule has 0 radical (unpaired) electrons. The Balaban J connectivity index is 1.52. The van der Waals surface area contributed by atoms with E-state index in [0.717, 1.165) is 41.8 Å². The van der Waals surface area contributed by atoms with Gasteiger partial charge in [-0.1, -0.05) is 12.8 Å². The maximum absolute atomic E-state index is 12.2. The summed E-state index contributed by atoms with van der Waals surface area (Å²) in [7, 11) is 0. The number of aryl methyl sites for hydroxylation is 3. The summed E-state index contributed by atoms with van der Waals surface area (Å²) in [6.07, 6.45) is 10.0. The van der Waals surface area contributed by atoms with Gasteiger partial charge in [-0.05, 0) is 56.9 Å². The summed E-state index contributed by atoms with van der Waals surface area (Å²) in [6, 6.07) is 6.47. The van der Waals surface area contributed by atoms with Gasteiger partial charge in [-0.2, -0.15) is 5.10 Å². The first-order valence-corrected chi connectivity index (χ1v) is 9.89. The molecule has 6 heteroatoms. The van der Waals surface area contributed by atoms with E-state index in [2.05, 4.69) is 18.3 Å². The molecule has 0 bridgehead atoms. The maximum atomic E-state index is 12.2. The Kier molecular flexibility index (Phi) is 4.97. The Bertz CT molecular complexity index is 935. The third kappa shape index (κ3) is 3.75. The van der Waals surface area contributed by atoms with Crippen molar-refractivity contribution in [3.8, 4) is 5.82 Å². The van der Waals surface area contributed by atoms with Crippen molar-refractivity contribution in [2.45, 2.75) is 65.0 Å². The maximum Gasteiger partial charge on any atom is 0.220 e. The van der Waals surface area contributed by atoms with Crippen LogP contribution in [0.4, 0.5) is 0 Å². The van der Waals surface area contributed by atoms with Crippen LogP contribution in [-0.4, -0.2) is 31.3 Å². The number of fused-ring (bicyclic) bond motifs is 1. The minimum absolute atomic E-state index is 0.157. The number of amides is 1. The van der Waals surface area contributed by atoms with Gasteiger partial charge in [0.05, 0.1) is 5.39 Å². The molecule has 142 valence electrons. The fraction of sp³-hybridized carbons (Fsp3) is 0.476. The first-order valence-electron chi connectivity index (χ1n) is 9.89. The van der Waals surface area contributed by atoms with Gasteiger partial charge in [0.2, 0.25) is 5.91 Å². The number of rotatable bonds is 6. The van der Waals surface area contributed by atoms with Crippen LogP contribution < -0.4 is 5.32 Å². The molecular weight excluding hydrogens is 338 g/mol. The van der Waals surface area contributed by atoms with E-state index in [0.29, 0.717) is 19.0 Å². The minimum atomic E-state index is 0.157. The third-order valence-corrected chi connectivity index (χ3v) is 5.35. The molecule has 1 amide bonds. The zero-order valence-corrected chi connectivity index (χ0v) is 16.1. The highest BCUT2D eigenvalue weighted by Crippen LogP contribution is 2.25. The van der Waals surface area contributed by atoms with Gasteiger partial charge < -0.3 is 9.88 Å². The van der Waals surface area contributed by atoms with E-state index in [1.165, 1.54) is 18.4 Å². The summed E-state index contributed by atoms with van der Waals surface area (Å²) >= 11 is 0. The highest BCUT2D eigenvalue weighted by atomic mass is 16.1. The predicted octanol–water partition coefficient (Wildman–Crippen LogP) is 3.68. The van der Waals surface area contributed by atoms with E-state index in [4.69, 9.17) is 10.1 Å². The SMILES string of the molecule is Cc1cc(C)c2c(-n3cccc3)nn(CCCC(=O)NC3CCCC3)c2n1. The number of hydrogen-bond donors (Lipinski definition) is 1. The molecule has 3 heterocycles. The van der Waals surface area contributed by atoms with Crippen molar-refractivity contribution in [3.05, 3.63) is 41.9 Å². The van der Waals surface area contributed by atoms with Crippen LogP contribution in [-0.2, 0) is 11.3 Å². The predicted molar refractivity (Wildman–Crippen MR) is 106 cm³/mol. The topological polar surface area (TPSA) is 64.7 Å². The summed E-state index contributed by atoms with van der Waals surface area (Å²) in [4.78, 5) is 16.9. The van der Waals surface area contributed by atoms with E-state index >= 15 is 0 Å². The van der Waals surface area contributed by atoms with Crippen molar-refractivity contribution in [2.75, 3.05) is 0 Å². The van der Waals surface area contributed by atoms with Crippen molar-refractivity contribution >= 4 is 16.9 Å². The molecular formula is C21H27N5O. The number of pyridine rings is 1.